The molecule has 0 aliphatic carbocycles. The number of benzene rings is 1. The quantitative estimate of drug-likeness (QED) is 0.701. The molecule has 2 aromatic rings. The number of hydrogen-bond acceptors (Lipinski definition) is 5. The zero-order valence-corrected chi connectivity index (χ0v) is 18.1. The molecule has 146 valence electrons. The minimum atomic E-state index is -0.101. The number of nitrogens with two attached hydrogens (primary N) is 1. The van der Waals surface area contributed by atoms with E-state index in [0.29, 0.717) is 36.0 Å². The van der Waals surface area contributed by atoms with Crippen LogP contribution in [0.3, 0.4) is 0 Å². The maximum absolute atomic E-state index is 12.9. The molecule has 0 aliphatic rings. The van der Waals surface area contributed by atoms with E-state index >= 15 is 0 Å². The molecule has 2 rings (SSSR count). The second-order valence-corrected chi connectivity index (χ2v) is 7.51. The van der Waals surface area contributed by atoms with Crippen LogP contribution in [-0.4, -0.2) is 33.9 Å². The van der Waals surface area contributed by atoms with Gasteiger partial charge in [-0.15, -0.1) is 0 Å². The van der Waals surface area contributed by atoms with Gasteiger partial charge in [-0.2, -0.15) is 0 Å². The third kappa shape index (κ3) is 4.97. The van der Waals surface area contributed by atoms with E-state index in [4.69, 9.17) is 10.5 Å². The lowest BCUT2D eigenvalue weighted by Gasteiger charge is -2.21. The van der Waals surface area contributed by atoms with Crippen LogP contribution in [0.25, 0.3) is 0 Å². The van der Waals surface area contributed by atoms with Crippen molar-refractivity contribution in [2.75, 3.05) is 18.8 Å². The van der Waals surface area contributed by atoms with Gasteiger partial charge in [0.05, 0.1) is 17.0 Å². The smallest absolute Gasteiger partial charge is 0.257 e. The SMILES string of the molecule is CCN(CC)C(=O)c1c(C)nc(N)nc1COc1ccc(Br)cc1C(C)C. The third-order valence-electron chi connectivity index (χ3n) is 4.40. The van der Waals surface area contributed by atoms with Crippen molar-refractivity contribution in [2.45, 2.75) is 47.1 Å². The Hall–Kier alpha value is -2.15. The summed E-state index contributed by atoms with van der Waals surface area (Å²) in [6, 6.07) is 5.90. The van der Waals surface area contributed by atoms with Crippen LogP contribution in [0.1, 0.15) is 60.9 Å². The first kappa shape index (κ1) is 21.2. The third-order valence-corrected chi connectivity index (χ3v) is 4.90. The van der Waals surface area contributed by atoms with Crippen LogP contribution in [0.15, 0.2) is 22.7 Å². The summed E-state index contributed by atoms with van der Waals surface area (Å²) in [6.45, 7) is 11.3. The highest BCUT2D eigenvalue weighted by Gasteiger charge is 2.22. The second kappa shape index (κ2) is 9.17. The fourth-order valence-electron chi connectivity index (χ4n) is 2.96. The minimum Gasteiger partial charge on any atom is -0.487 e. The fraction of sp³-hybridized carbons (Fsp3) is 0.450. The molecule has 2 N–H and O–H groups in total. The van der Waals surface area contributed by atoms with Crippen LogP contribution in [-0.2, 0) is 6.61 Å². The molecule has 1 aromatic heterocycles. The van der Waals surface area contributed by atoms with Crippen molar-refractivity contribution in [1.29, 1.82) is 0 Å². The Labute approximate surface area is 169 Å². The number of aryl methyl sites for hydroxylation is 1. The predicted molar refractivity (Wildman–Crippen MR) is 111 cm³/mol. The zero-order chi connectivity index (χ0) is 20.1. The average molecular weight is 435 g/mol. The highest BCUT2D eigenvalue weighted by atomic mass is 79.9. The number of nitrogen functional groups attached to an aromatic ring is 1. The topological polar surface area (TPSA) is 81.3 Å². The van der Waals surface area contributed by atoms with Crippen molar-refractivity contribution in [1.82, 2.24) is 14.9 Å². The van der Waals surface area contributed by atoms with E-state index in [1.807, 2.05) is 32.0 Å². The zero-order valence-electron chi connectivity index (χ0n) is 16.5. The largest absolute Gasteiger partial charge is 0.487 e. The number of carbonyl (C=O) groups is 1. The number of rotatable bonds is 7. The molecule has 0 atom stereocenters. The summed E-state index contributed by atoms with van der Waals surface area (Å²) in [5, 5.41) is 0. The lowest BCUT2D eigenvalue weighted by molar-refractivity contribution is 0.0768. The number of nitrogens with zero attached hydrogens (tertiary/aromatic N) is 3. The Kier molecular flexibility index (Phi) is 7.18. The summed E-state index contributed by atoms with van der Waals surface area (Å²) >= 11 is 3.50. The van der Waals surface area contributed by atoms with Crippen molar-refractivity contribution < 1.29 is 9.53 Å². The van der Waals surface area contributed by atoms with Crippen LogP contribution in [0.5, 0.6) is 5.75 Å². The molecule has 1 amide bonds. The molecule has 0 unspecified atom stereocenters. The van der Waals surface area contributed by atoms with Crippen molar-refractivity contribution >= 4 is 27.8 Å². The first-order valence-corrected chi connectivity index (χ1v) is 9.92. The number of amides is 1. The van der Waals surface area contributed by atoms with Crippen LogP contribution in [0.2, 0.25) is 0 Å². The maximum atomic E-state index is 12.9. The van der Waals surface area contributed by atoms with E-state index in [2.05, 4.69) is 39.7 Å². The lowest BCUT2D eigenvalue weighted by Crippen LogP contribution is -2.32. The van der Waals surface area contributed by atoms with Gasteiger partial charge in [-0.05, 0) is 50.5 Å². The Bertz CT molecular complexity index is 820. The van der Waals surface area contributed by atoms with Crippen LogP contribution >= 0.6 is 15.9 Å². The van der Waals surface area contributed by atoms with E-state index in [1.165, 1.54) is 0 Å². The minimum absolute atomic E-state index is 0.101. The Morgan fingerprint density at radius 3 is 2.52 bits per heavy atom. The molecule has 0 saturated carbocycles. The molecular formula is C20H27BrN4O2. The first-order valence-electron chi connectivity index (χ1n) is 9.12. The summed E-state index contributed by atoms with van der Waals surface area (Å²) in [4.78, 5) is 23.1. The molecule has 1 aromatic carbocycles. The van der Waals surface area contributed by atoms with Gasteiger partial charge >= 0.3 is 0 Å². The summed E-state index contributed by atoms with van der Waals surface area (Å²) in [5.41, 5.74) is 8.46. The molecule has 0 bridgehead atoms. The molecular weight excluding hydrogens is 408 g/mol. The molecule has 6 nitrogen and oxygen atoms in total. The Morgan fingerprint density at radius 2 is 1.93 bits per heavy atom. The number of aromatic nitrogens is 2. The van der Waals surface area contributed by atoms with E-state index < -0.39 is 0 Å². The fourth-order valence-corrected chi connectivity index (χ4v) is 3.33. The van der Waals surface area contributed by atoms with Gasteiger partial charge in [0.1, 0.15) is 12.4 Å². The number of hydrogen-bond donors (Lipinski definition) is 1. The summed E-state index contributed by atoms with van der Waals surface area (Å²) in [7, 11) is 0. The number of anilines is 1. The first-order chi connectivity index (χ1) is 12.8. The van der Waals surface area contributed by atoms with Gasteiger partial charge in [0.15, 0.2) is 0 Å². The predicted octanol–water partition coefficient (Wildman–Crippen LogP) is 4.31. The van der Waals surface area contributed by atoms with E-state index in [0.717, 1.165) is 15.8 Å². The van der Waals surface area contributed by atoms with Crippen LogP contribution in [0.4, 0.5) is 5.95 Å². The lowest BCUT2D eigenvalue weighted by atomic mass is 10.0. The highest BCUT2D eigenvalue weighted by molar-refractivity contribution is 9.10. The van der Waals surface area contributed by atoms with Gasteiger partial charge in [-0.1, -0.05) is 29.8 Å². The maximum Gasteiger partial charge on any atom is 0.257 e. The van der Waals surface area contributed by atoms with Gasteiger partial charge in [0.2, 0.25) is 5.95 Å². The van der Waals surface area contributed by atoms with Crippen molar-refractivity contribution in [3.63, 3.8) is 0 Å². The van der Waals surface area contributed by atoms with Gasteiger partial charge in [0.25, 0.3) is 5.91 Å². The van der Waals surface area contributed by atoms with E-state index in [1.54, 1.807) is 11.8 Å². The van der Waals surface area contributed by atoms with Crippen molar-refractivity contribution in [3.05, 3.63) is 45.2 Å². The monoisotopic (exact) mass is 434 g/mol. The molecule has 27 heavy (non-hydrogen) atoms. The number of carbonyl (C=O) groups excluding carboxylic acids is 1. The van der Waals surface area contributed by atoms with E-state index in [-0.39, 0.29) is 18.5 Å². The van der Waals surface area contributed by atoms with Gasteiger partial charge in [0, 0.05) is 17.6 Å². The van der Waals surface area contributed by atoms with Crippen LogP contribution in [0, 0.1) is 6.92 Å². The highest BCUT2D eigenvalue weighted by Crippen LogP contribution is 2.30. The molecule has 0 saturated heterocycles. The Balaban J connectivity index is 2.38. The van der Waals surface area contributed by atoms with Crippen molar-refractivity contribution in [3.8, 4) is 5.75 Å². The number of halogens is 1. The molecule has 0 aliphatic heterocycles. The average Bonchev–Trinajstić information content (AvgIpc) is 2.60. The number of ether oxygens (including phenoxy) is 1. The standard InChI is InChI=1S/C20H27BrN4O2/c1-6-25(7-2)19(26)18-13(5)23-20(22)24-16(18)11-27-17-9-8-14(21)10-15(17)12(3)4/h8-10,12H,6-7,11H2,1-5H3,(H2,22,23,24). The summed E-state index contributed by atoms with van der Waals surface area (Å²) < 4.78 is 7.05. The van der Waals surface area contributed by atoms with Crippen molar-refractivity contribution in [2.24, 2.45) is 0 Å². The normalized spacial score (nSPS) is 10.9. The summed E-state index contributed by atoms with van der Waals surface area (Å²) in [6.07, 6.45) is 0. The van der Waals surface area contributed by atoms with E-state index in [9.17, 15) is 4.79 Å². The van der Waals surface area contributed by atoms with Crippen LogP contribution < -0.4 is 10.5 Å². The Morgan fingerprint density at radius 1 is 1.26 bits per heavy atom. The molecule has 7 heteroatoms. The molecule has 0 spiro atoms. The van der Waals surface area contributed by atoms with Gasteiger partial charge in [-0.25, -0.2) is 9.97 Å². The summed E-state index contributed by atoms with van der Waals surface area (Å²) in [5.74, 6) is 1.11. The van der Waals surface area contributed by atoms with Gasteiger partial charge < -0.3 is 15.4 Å². The molecule has 1 heterocycles. The molecule has 0 fully saturated rings. The molecule has 0 radical (unpaired) electrons. The second-order valence-electron chi connectivity index (χ2n) is 6.59. The van der Waals surface area contributed by atoms with Gasteiger partial charge in [-0.3, -0.25) is 4.79 Å².